The highest BCUT2D eigenvalue weighted by atomic mass is 19.1. The second kappa shape index (κ2) is 7.69. The number of carbonyl (C=O) groups is 2. The molecule has 2 N–H and O–H groups in total. The Balaban J connectivity index is 1.41. The molecule has 0 unspecified atom stereocenters. The third-order valence-corrected chi connectivity index (χ3v) is 5.12. The van der Waals surface area contributed by atoms with Crippen molar-refractivity contribution in [3.8, 4) is 0 Å². The molecule has 1 aromatic carbocycles. The van der Waals surface area contributed by atoms with Crippen molar-refractivity contribution >= 4 is 17.3 Å². The van der Waals surface area contributed by atoms with Crippen molar-refractivity contribution in [3.05, 3.63) is 69.4 Å². The number of nitrogens with zero attached hydrogens (tertiary/aromatic N) is 3. The van der Waals surface area contributed by atoms with Crippen molar-refractivity contribution in [2.75, 3.05) is 13.1 Å². The molecule has 1 fully saturated rings. The van der Waals surface area contributed by atoms with E-state index in [1.165, 1.54) is 16.6 Å². The predicted molar refractivity (Wildman–Crippen MR) is 103 cm³/mol. The molecule has 0 spiro atoms. The predicted octanol–water partition coefficient (Wildman–Crippen LogP) is 1.64. The number of benzene rings is 1. The van der Waals surface area contributed by atoms with Gasteiger partial charge >= 0.3 is 0 Å². The Morgan fingerprint density at radius 3 is 2.53 bits per heavy atom. The molecule has 2 aromatic heterocycles. The first kappa shape index (κ1) is 19.7. The van der Waals surface area contributed by atoms with Gasteiger partial charge in [-0.1, -0.05) is 6.07 Å². The van der Waals surface area contributed by atoms with Gasteiger partial charge in [0.2, 0.25) is 0 Å². The number of piperidine rings is 1. The van der Waals surface area contributed by atoms with Crippen molar-refractivity contribution < 1.29 is 18.4 Å². The second-order valence-electron chi connectivity index (χ2n) is 7.26. The first-order chi connectivity index (χ1) is 14.3. The largest absolute Gasteiger partial charge is 0.349 e. The van der Waals surface area contributed by atoms with E-state index >= 15 is 0 Å². The SMILES string of the molecule is Cc1cn2nc(C(=O)N3CCC(NC(=O)c4c(F)cccc4F)CC3)cc2c(=O)[nH]1. The summed E-state index contributed by atoms with van der Waals surface area (Å²) in [5, 5.41) is 6.82. The van der Waals surface area contributed by atoms with Crippen molar-refractivity contribution in [2.24, 2.45) is 0 Å². The average Bonchev–Trinajstić information content (AvgIpc) is 3.12. The van der Waals surface area contributed by atoms with Crippen molar-refractivity contribution in [1.29, 1.82) is 0 Å². The van der Waals surface area contributed by atoms with Gasteiger partial charge in [-0.15, -0.1) is 0 Å². The van der Waals surface area contributed by atoms with E-state index in [9.17, 15) is 23.2 Å². The van der Waals surface area contributed by atoms with Crippen LogP contribution in [-0.4, -0.2) is 50.4 Å². The van der Waals surface area contributed by atoms with Crippen LogP contribution >= 0.6 is 0 Å². The van der Waals surface area contributed by atoms with E-state index in [-0.39, 0.29) is 28.7 Å². The van der Waals surface area contributed by atoms with Crippen LogP contribution in [0, 0.1) is 18.6 Å². The highest BCUT2D eigenvalue weighted by molar-refractivity contribution is 5.95. The van der Waals surface area contributed by atoms with Crippen LogP contribution in [0.25, 0.3) is 5.52 Å². The molecular formula is C20H19F2N5O3. The number of aromatic amines is 1. The Kier molecular flexibility index (Phi) is 5.06. The summed E-state index contributed by atoms with van der Waals surface area (Å²) < 4.78 is 28.9. The molecule has 1 saturated heterocycles. The fourth-order valence-corrected chi connectivity index (χ4v) is 3.59. The Hall–Kier alpha value is -3.56. The molecule has 0 radical (unpaired) electrons. The summed E-state index contributed by atoms with van der Waals surface area (Å²) in [6.07, 6.45) is 2.48. The van der Waals surface area contributed by atoms with Crippen molar-refractivity contribution in [2.45, 2.75) is 25.8 Å². The summed E-state index contributed by atoms with van der Waals surface area (Å²) in [4.78, 5) is 41.2. The van der Waals surface area contributed by atoms with Crippen LogP contribution < -0.4 is 10.9 Å². The van der Waals surface area contributed by atoms with Gasteiger partial charge in [0, 0.05) is 37.1 Å². The number of amides is 2. The molecule has 30 heavy (non-hydrogen) atoms. The van der Waals surface area contributed by atoms with Gasteiger partial charge in [0.25, 0.3) is 17.4 Å². The average molecular weight is 415 g/mol. The summed E-state index contributed by atoms with van der Waals surface area (Å²) in [6, 6.07) is 4.38. The maximum atomic E-state index is 13.8. The number of hydrogen-bond acceptors (Lipinski definition) is 4. The Morgan fingerprint density at radius 1 is 1.20 bits per heavy atom. The molecule has 3 aromatic rings. The lowest BCUT2D eigenvalue weighted by atomic mass is 10.0. The zero-order valence-corrected chi connectivity index (χ0v) is 16.1. The molecule has 0 saturated carbocycles. The van der Waals surface area contributed by atoms with Crippen LogP contribution in [0.15, 0.2) is 35.3 Å². The zero-order valence-electron chi connectivity index (χ0n) is 16.1. The van der Waals surface area contributed by atoms with E-state index in [4.69, 9.17) is 0 Å². The van der Waals surface area contributed by atoms with Crippen LogP contribution in [-0.2, 0) is 0 Å². The van der Waals surface area contributed by atoms with Crippen molar-refractivity contribution in [3.63, 3.8) is 0 Å². The number of rotatable bonds is 3. The molecule has 0 bridgehead atoms. The molecule has 4 rings (SSSR count). The maximum absolute atomic E-state index is 13.8. The second-order valence-corrected chi connectivity index (χ2v) is 7.26. The standard InChI is InChI=1S/C20H19F2N5O3/c1-11-10-27-16(18(28)23-11)9-15(25-27)20(30)26-7-5-12(6-8-26)24-19(29)17-13(21)3-2-4-14(17)22/h2-4,9-10,12H,5-8H2,1H3,(H,23,28)(H,24,29). The summed E-state index contributed by atoms with van der Waals surface area (Å²) in [5.74, 6) is -2.97. The molecule has 8 nitrogen and oxygen atoms in total. The molecule has 3 heterocycles. The van der Waals surface area contributed by atoms with E-state index in [1.54, 1.807) is 18.0 Å². The first-order valence-corrected chi connectivity index (χ1v) is 9.47. The molecule has 1 aliphatic rings. The van der Waals surface area contributed by atoms with Gasteiger partial charge in [0.15, 0.2) is 5.69 Å². The lowest BCUT2D eigenvalue weighted by Crippen LogP contribution is -2.46. The fraction of sp³-hybridized carbons (Fsp3) is 0.300. The number of hydrogen-bond donors (Lipinski definition) is 2. The number of halogens is 2. The molecule has 0 aliphatic carbocycles. The van der Waals surface area contributed by atoms with Gasteiger partial charge in [-0.2, -0.15) is 5.10 Å². The topological polar surface area (TPSA) is 99.6 Å². The lowest BCUT2D eigenvalue weighted by molar-refractivity contribution is 0.0691. The molecule has 156 valence electrons. The van der Waals surface area contributed by atoms with E-state index in [1.807, 2.05) is 0 Å². The van der Waals surface area contributed by atoms with E-state index in [0.717, 1.165) is 12.1 Å². The fourth-order valence-electron chi connectivity index (χ4n) is 3.59. The van der Waals surface area contributed by atoms with Gasteiger partial charge in [0.05, 0.1) is 0 Å². The van der Waals surface area contributed by atoms with E-state index in [0.29, 0.717) is 31.6 Å². The zero-order chi connectivity index (χ0) is 21.4. The van der Waals surface area contributed by atoms with Crippen LogP contribution in [0.5, 0.6) is 0 Å². The molecule has 0 atom stereocenters. The van der Waals surface area contributed by atoms with Gasteiger partial charge in [-0.3, -0.25) is 14.4 Å². The quantitative estimate of drug-likeness (QED) is 0.679. The summed E-state index contributed by atoms with van der Waals surface area (Å²) in [6.45, 7) is 2.40. The van der Waals surface area contributed by atoms with E-state index < -0.39 is 23.1 Å². The number of likely N-dealkylation sites (tertiary alicyclic amines) is 1. The number of carbonyl (C=O) groups excluding carboxylic acids is 2. The molecule has 1 aliphatic heterocycles. The monoisotopic (exact) mass is 415 g/mol. The smallest absolute Gasteiger partial charge is 0.274 e. The molecular weight excluding hydrogens is 396 g/mol. The van der Waals surface area contributed by atoms with Gasteiger partial charge in [-0.25, -0.2) is 13.3 Å². The minimum absolute atomic E-state index is 0.155. The first-order valence-electron chi connectivity index (χ1n) is 9.47. The van der Waals surface area contributed by atoms with Gasteiger partial charge < -0.3 is 15.2 Å². The maximum Gasteiger partial charge on any atom is 0.274 e. The van der Waals surface area contributed by atoms with Crippen LogP contribution in [0.3, 0.4) is 0 Å². The number of aryl methyl sites for hydroxylation is 1. The number of H-pyrrole nitrogens is 1. The number of fused-ring (bicyclic) bond motifs is 1. The van der Waals surface area contributed by atoms with Crippen molar-refractivity contribution in [1.82, 2.24) is 24.8 Å². The van der Waals surface area contributed by atoms with Gasteiger partial charge in [-0.05, 0) is 31.9 Å². The highest BCUT2D eigenvalue weighted by Gasteiger charge is 2.27. The minimum atomic E-state index is -0.919. The minimum Gasteiger partial charge on any atom is -0.349 e. The summed E-state index contributed by atoms with van der Waals surface area (Å²) in [5.41, 5.74) is 0.113. The van der Waals surface area contributed by atoms with Gasteiger partial charge in [0.1, 0.15) is 22.7 Å². The van der Waals surface area contributed by atoms with Crippen LogP contribution in [0.1, 0.15) is 39.4 Å². The summed E-state index contributed by atoms with van der Waals surface area (Å²) in [7, 11) is 0. The Labute approximate surface area is 169 Å². The van der Waals surface area contributed by atoms with Crippen LogP contribution in [0.4, 0.5) is 8.78 Å². The molecule has 10 heteroatoms. The summed E-state index contributed by atoms with van der Waals surface area (Å²) >= 11 is 0. The number of nitrogens with one attached hydrogen (secondary N) is 2. The Bertz CT molecular complexity index is 1170. The Morgan fingerprint density at radius 2 is 1.87 bits per heavy atom. The normalized spacial score (nSPS) is 14.8. The lowest BCUT2D eigenvalue weighted by Gasteiger charge is -2.32. The highest BCUT2D eigenvalue weighted by Crippen LogP contribution is 2.17. The number of aromatic nitrogens is 3. The van der Waals surface area contributed by atoms with Crippen LogP contribution in [0.2, 0.25) is 0 Å². The van der Waals surface area contributed by atoms with E-state index in [2.05, 4.69) is 15.4 Å². The third-order valence-electron chi connectivity index (χ3n) is 5.12. The molecule has 2 amide bonds. The third kappa shape index (κ3) is 3.68.